The number of pyridine rings is 2. The topological polar surface area (TPSA) is 25.8 Å². The van der Waals surface area contributed by atoms with E-state index in [-0.39, 0.29) is 0 Å². The van der Waals surface area contributed by atoms with Crippen LogP contribution in [0.3, 0.4) is 0 Å². The molecule has 0 aliphatic heterocycles. The number of aryl methyl sites for hydroxylation is 2. The largest absolute Gasteiger partial charge is 0.262 e. The number of nitrogens with zero attached hydrogens (tertiary/aromatic N) is 2. The van der Waals surface area contributed by atoms with Gasteiger partial charge in [-0.1, -0.05) is 97.1 Å². The summed E-state index contributed by atoms with van der Waals surface area (Å²) in [6.07, 6.45) is 3.81. The molecule has 0 saturated heterocycles. The van der Waals surface area contributed by atoms with Crippen LogP contribution in [-0.4, -0.2) is 9.97 Å². The van der Waals surface area contributed by atoms with E-state index in [0.717, 1.165) is 22.5 Å². The van der Waals surface area contributed by atoms with Crippen molar-refractivity contribution in [2.24, 2.45) is 0 Å². The maximum absolute atomic E-state index is 4.69. The minimum atomic E-state index is 0.988. The van der Waals surface area contributed by atoms with E-state index in [4.69, 9.17) is 4.98 Å². The van der Waals surface area contributed by atoms with Gasteiger partial charge in [-0.2, -0.15) is 0 Å². The van der Waals surface area contributed by atoms with Crippen LogP contribution in [-0.2, 0) is 0 Å². The van der Waals surface area contributed by atoms with Gasteiger partial charge in [-0.3, -0.25) is 9.97 Å². The average molecular weight is 513 g/mol. The maximum atomic E-state index is 4.69. The fourth-order valence-electron chi connectivity index (χ4n) is 5.78. The quantitative estimate of drug-likeness (QED) is 0.219. The Labute approximate surface area is 234 Å². The molecule has 2 heteroatoms. The van der Waals surface area contributed by atoms with Gasteiger partial charge < -0.3 is 0 Å². The van der Waals surface area contributed by atoms with Crippen molar-refractivity contribution in [1.29, 1.82) is 0 Å². The predicted octanol–water partition coefficient (Wildman–Crippen LogP) is 10.1. The first kappa shape index (κ1) is 24.0. The fourth-order valence-corrected chi connectivity index (χ4v) is 5.78. The molecule has 5 aromatic carbocycles. The van der Waals surface area contributed by atoms with Gasteiger partial charge >= 0.3 is 0 Å². The van der Waals surface area contributed by atoms with E-state index >= 15 is 0 Å². The zero-order valence-electron chi connectivity index (χ0n) is 22.6. The van der Waals surface area contributed by atoms with Crippen molar-refractivity contribution < 1.29 is 0 Å². The van der Waals surface area contributed by atoms with Crippen molar-refractivity contribution in [1.82, 2.24) is 9.97 Å². The van der Waals surface area contributed by atoms with Crippen molar-refractivity contribution in [3.63, 3.8) is 0 Å². The fraction of sp³-hybridized carbons (Fsp3) is 0.0526. The second-order valence-corrected chi connectivity index (χ2v) is 10.4. The summed E-state index contributed by atoms with van der Waals surface area (Å²) in [4.78, 5) is 9.05. The molecule has 0 fully saturated rings. The second kappa shape index (κ2) is 9.91. The highest BCUT2D eigenvalue weighted by atomic mass is 14.7. The first-order valence-electron chi connectivity index (χ1n) is 13.7. The molecule has 2 nitrogen and oxygen atoms in total. The Morgan fingerprint density at radius 1 is 0.425 bits per heavy atom. The van der Waals surface area contributed by atoms with E-state index in [9.17, 15) is 0 Å². The molecule has 2 heterocycles. The molecule has 0 spiro atoms. The minimum Gasteiger partial charge on any atom is -0.262 e. The van der Waals surface area contributed by atoms with Crippen LogP contribution >= 0.6 is 0 Å². The standard InChI is InChI=1S/C38H28N2/c1-25-14-19-36(40-24-25)30-8-7-9-31(23-30)38-34-12-5-3-10-32(34)37(33-11-4-6-13-35(33)38)28-17-15-27(16-18-28)29-20-21-39-26(2)22-29/h3-24H,1-2H3. The van der Waals surface area contributed by atoms with Gasteiger partial charge in [-0.15, -0.1) is 0 Å². The Morgan fingerprint density at radius 3 is 1.62 bits per heavy atom. The third-order valence-corrected chi connectivity index (χ3v) is 7.69. The molecule has 0 N–H and O–H groups in total. The Bertz CT molecular complexity index is 1950. The van der Waals surface area contributed by atoms with Crippen molar-refractivity contribution >= 4 is 21.5 Å². The molecule has 0 amide bonds. The van der Waals surface area contributed by atoms with Crippen LogP contribution in [0.5, 0.6) is 0 Å². The number of rotatable bonds is 4. The normalized spacial score (nSPS) is 11.2. The monoisotopic (exact) mass is 512 g/mol. The number of aromatic nitrogens is 2. The molecule has 2 aromatic heterocycles. The lowest BCUT2D eigenvalue weighted by atomic mass is 9.85. The summed E-state index contributed by atoms with van der Waals surface area (Å²) in [5, 5.41) is 5.00. The Hall–Kier alpha value is -5.08. The Kier molecular flexibility index (Phi) is 5.94. The third kappa shape index (κ3) is 4.24. The summed E-state index contributed by atoms with van der Waals surface area (Å²) in [6, 6.07) is 43.8. The SMILES string of the molecule is Cc1ccc(-c2cccc(-c3c4ccccc4c(-c4ccc(-c5ccnc(C)c5)cc4)c4ccccc34)c2)nc1. The van der Waals surface area contributed by atoms with Crippen molar-refractivity contribution in [2.75, 3.05) is 0 Å². The van der Waals surface area contributed by atoms with Gasteiger partial charge in [0.15, 0.2) is 0 Å². The van der Waals surface area contributed by atoms with E-state index in [1.54, 1.807) is 0 Å². The summed E-state index contributed by atoms with van der Waals surface area (Å²) in [6.45, 7) is 4.10. The lowest BCUT2D eigenvalue weighted by molar-refractivity contribution is 1.20. The Balaban J connectivity index is 1.44. The number of hydrogen-bond donors (Lipinski definition) is 0. The minimum absolute atomic E-state index is 0.988. The highest BCUT2D eigenvalue weighted by Crippen LogP contribution is 2.44. The van der Waals surface area contributed by atoms with Crippen LogP contribution in [0, 0.1) is 13.8 Å². The van der Waals surface area contributed by atoms with E-state index < -0.39 is 0 Å². The molecule has 7 aromatic rings. The van der Waals surface area contributed by atoms with Gasteiger partial charge in [0.1, 0.15) is 0 Å². The highest BCUT2D eigenvalue weighted by molar-refractivity contribution is 6.21. The lowest BCUT2D eigenvalue weighted by Crippen LogP contribution is -1.92. The summed E-state index contributed by atoms with van der Waals surface area (Å²) >= 11 is 0. The molecule has 40 heavy (non-hydrogen) atoms. The zero-order chi connectivity index (χ0) is 27.1. The molecule has 0 atom stereocenters. The highest BCUT2D eigenvalue weighted by Gasteiger charge is 2.17. The number of benzene rings is 5. The van der Waals surface area contributed by atoms with E-state index in [0.29, 0.717) is 0 Å². The molecular formula is C38H28N2. The van der Waals surface area contributed by atoms with Crippen LogP contribution in [0.15, 0.2) is 134 Å². The maximum Gasteiger partial charge on any atom is 0.0702 e. The van der Waals surface area contributed by atoms with Gasteiger partial charge in [-0.25, -0.2) is 0 Å². The lowest BCUT2D eigenvalue weighted by Gasteiger charge is -2.18. The van der Waals surface area contributed by atoms with Crippen LogP contribution in [0.4, 0.5) is 0 Å². The summed E-state index contributed by atoms with van der Waals surface area (Å²) in [5.41, 5.74) is 11.6. The van der Waals surface area contributed by atoms with E-state index in [2.05, 4.69) is 133 Å². The predicted molar refractivity (Wildman–Crippen MR) is 168 cm³/mol. The molecule has 0 radical (unpaired) electrons. The third-order valence-electron chi connectivity index (χ3n) is 7.69. The van der Waals surface area contributed by atoms with Gasteiger partial charge in [0, 0.05) is 23.7 Å². The van der Waals surface area contributed by atoms with Crippen molar-refractivity contribution in [2.45, 2.75) is 13.8 Å². The van der Waals surface area contributed by atoms with Crippen LogP contribution in [0.1, 0.15) is 11.3 Å². The number of fused-ring (bicyclic) bond motifs is 2. The Morgan fingerprint density at radius 2 is 1.02 bits per heavy atom. The van der Waals surface area contributed by atoms with Crippen molar-refractivity contribution in [3.05, 3.63) is 145 Å². The van der Waals surface area contributed by atoms with Crippen molar-refractivity contribution in [3.8, 4) is 44.6 Å². The molecular weight excluding hydrogens is 484 g/mol. The summed E-state index contributed by atoms with van der Waals surface area (Å²) in [7, 11) is 0. The van der Waals surface area contributed by atoms with Crippen LogP contribution < -0.4 is 0 Å². The van der Waals surface area contributed by atoms with E-state index in [1.807, 2.05) is 19.3 Å². The van der Waals surface area contributed by atoms with Gasteiger partial charge in [0.25, 0.3) is 0 Å². The summed E-state index contributed by atoms with van der Waals surface area (Å²) in [5.74, 6) is 0. The smallest absolute Gasteiger partial charge is 0.0702 e. The second-order valence-electron chi connectivity index (χ2n) is 10.4. The van der Waals surface area contributed by atoms with Gasteiger partial charge in [-0.05, 0) is 98.6 Å². The average Bonchev–Trinajstić information content (AvgIpc) is 3.00. The van der Waals surface area contributed by atoms with Gasteiger partial charge in [0.05, 0.1) is 5.69 Å². The molecule has 0 bridgehead atoms. The molecule has 0 unspecified atom stereocenters. The van der Waals surface area contributed by atoms with Crippen LogP contribution in [0.2, 0.25) is 0 Å². The molecule has 190 valence electrons. The van der Waals surface area contributed by atoms with Crippen LogP contribution in [0.25, 0.3) is 66.2 Å². The summed E-state index contributed by atoms with van der Waals surface area (Å²) < 4.78 is 0. The van der Waals surface area contributed by atoms with Gasteiger partial charge in [0.2, 0.25) is 0 Å². The number of hydrogen-bond acceptors (Lipinski definition) is 2. The van der Waals surface area contributed by atoms with E-state index in [1.165, 1.54) is 54.9 Å². The molecule has 0 aliphatic carbocycles. The molecule has 0 saturated carbocycles. The first-order chi connectivity index (χ1) is 19.7. The first-order valence-corrected chi connectivity index (χ1v) is 13.7. The zero-order valence-corrected chi connectivity index (χ0v) is 22.6. The molecule has 7 rings (SSSR count). The molecule has 0 aliphatic rings.